The zero-order valence-electron chi connectivity index (χ0n) is 15.9. The number of ether oxygens (including phenoxy) is 2. The van der Waals surface area contributed by atoms with E-state index in [-0.39, 0.29) is 11.2 Å². The summed E-state index contributed by atoms with van der Waals surface area (Å²) in [5.74, 6) is 1.58. The third-order valence-electron chi connectivity index (χ3n) is 5.96. The highest BCUT2D eigenvalue weighted by Crippen LogP contribution is 2.57. The molecule has 0 unspecified atom stereocenters. The molecule has 3 rings (SSSR count). The Labute approximate surface area is 150 Å². The van der Waals surface area contributed by atoms with Crippen LogP contribution >= 0.6 is 0 Å². The van der Waals surface area contributed by atoms with Crippen molar-refractivity contribution in [2.75, 3.05) is 14.2 Å². The number of carbonyl (C=O) groups is 1. The number of ketones is 1. The number of carbonyl (C=O) groups excluding carboxylic acids is 1. The molecule has 0 aromatic heterocycles. The fraction of sp³-hybridized carbons (Fsp3) is 0.409. The third-order valence-corrected chi connectivity index (χ3v) is 5.96. The van der Waals surface area contributed by atoms with Crippen LogP contribution in [0.2, 0.25) is 0 Å². The van der Waals surface area contributed by atoms with Gasteiger partial charge in [0.15, 0.2) is 17.3 Å². The molecule has 2 aromatic rings. The van der Waals surface area contributed by atoms with Crippen molar-refractivity contribution >= 4 is 5.78 Å². The van der Waals surface area contributed by atoms with E-state index in [1.54, 1.807) is 14.2 Å². The summed E-state index contributed by atoms with van der Waals surface area (Å²) in [4.78, 5) is 13.1. The summed E-state index contributed by atoms with van der Waals surface area (Å²) in [6.45, 7) is 8.24. The Morgan fingerprint density at radius 1 is 0.880 bits per heavy atom. The van der Waals surface area contributed by atoms with Crippen molar-refractivity contribution in [2.24, 2.45) is 5.41 Å². The molecule has 0 N–H and O–H groups in total. The molecule has 0 radical (unpaired) electrons. The van der Waals surface area contributed by atoms with E-state index in [2.05, 4.69) is 26.0 Å². The number of hydrogen-bond acceptors (Lipinski definition) is 3. The Hall–Kier alpha value is -2.29. The Morgan fingerprint density at radius 3 is 2.04 bits per heavy atom. The van der Waals surface area contributed by atoms with Crippen LogP contribution in [0.5, 0.6) is 11.5 Å². The van der Waals surface area contributed by atoms with Crippen LogP contribution in [0, 0.1) is 5.41 Å². The molecule has 0 saturated heterocycles. The number of fused-ring (bicyclic) bond motifs is 1. The van der Waals surface area contributed by atoms with Crippen LogP contribution in [0.15, 0.2) is 36.4 Å². The first-order valence-electron chi connectivity index (χ1n) is 8.62. The van der Waals surface area contributed by atoms with Gasteiger partial charge in [0.05, 0.1) is 14.2 Å². The maximum Gasteiger partial charge on any atom is 0.169 e. The summed E-state index contributed by atoms with van der Waals surface area (Å²) in [6, 6.07) is 12.2. The van der Waals surface area contributed by atoms with Crippen LogP contribution in [0.1, 0.15) is 54.7 Å². The largest absolute Gasteiger partial charge is 0.493 e. The topological polar surface area (TPSA) is 35.5 Å². The molecule has 0 atom stereocenters. The Balaban J connectivity index is 2.25. The normalized spacial score (nSPS) is 17.3. The first kappa shape index (κ1) is 17.5. The SMILES string of the molecule is COc1c(Cc2ccccc2)cc2c(c1OC)C(C)(C)C(C)(C)C2=O. The molecule has 1 aliphatic carbocycles. The average molecular weight is 338 g/mol. The first-order valence-corrected chi connectivity index (χ1v) is 8.62. The van der Waals surface area contributed by atoms with E-state index in [0.717, 1.165) is 22.4 Å². The maximum atomic E-state index is 13.1. The zero-order chi connectivity index (χ0) is 18.4. The van der Waals surface area contributed by atoms with Crippen LogP contribution in [0.25, 0.3) is 0 Å². The van der Waals surface area contributed by atoms with Gasteiger partial charge in [0.25, 0.3) is 0 Å². The molecule has 0 amide bonds. The monoisotopic (exact) mass is 338 g/mol. The highest BCUT2D eigenvalue weighted by Gasteiger charge is 2.54. The summed E-state index contributed by atoms with van der Waals surface area (Å²) in [5, 5.41) is 0. The van der Waals surface area contributed by atoms with E-state index in [1.165, 1.54) is 5.56 Å². The Bertz CT molecular complexity index is 817. The predicted molar refractivity (Wildman–Crippen MR) is 99.9 cm³/mol. The van der Waals surface area contributed by atoms with Gasteiger partial charge in [0.2, 0.25) is 0 Å². The van der Waals surface area contributed by atoms with Crippen molar-refractivity contribution in [1.82, 2.24) is 0 Å². The molecular formula is C22H26O3. The minimum Gasteiger partial charge on any atom is -0.493 e. The minimum absolute atomic E-state index is 0.169. The van der Waals surface area contributed by atoms with Gasteiger partial charge in [-0.2, -0.15) is 0 Å². The van der Waals surface area contributed by atoms with E-state index in [9.17, 15) is 4.79 Å². The van der Waals surface area contributed by atoms with Crippen molar-refractivity contribution in [1.29, 1.82) is 0 Å². The van der Waals surface area contributed by atoms with E-state index >= 15 is 0 Å². The molecule has 25 heavy (non-hydrogen) atoms. The lowest BCUT2D eigenvalue weighted by Crippen LogP contribution is -2.36. The summed E-state index contributed by atoms with van der Waals surface area (Å²) in [6.07, 6.45) is 0.696. The molecule has 132 valence electrons. The smallest absolute Gasteiger partial charge is 0.169 e. The van der Waals surface area contributed by atoms with E-state index in [4.69, 9.17) is 9.47 Å². The summed E-state index contributed by atoms with van der Waals surface area (Å²) in [5.41, 5.74) is 3.05. The lowest BCUT2D eigenvalue weighted by atomic mass is 9.68. The van der Waals surface area contributed by atoms with Crippen molar-refractivity contribution in [3.8, 4) is 11.5 Å². The Kier molecular flexibility index (Phi) is 4.14. The summed E-state index contributed by atoms with van der Waals surface area (Å²) < 4.78 is 11.5. The van der Waals surface area contributed by atoms with Crippen molar-refractivity contribution < 1.29 is 14.3 Å². The highest BCUT2D eigenvalue weighted by atomic mass is 16.5. The van der Waals surface area contributed by atoms with E-state index < -0.39 is 5.41 Å². The number of benzene rings is 2. The fourth-order valence-electron chi connectivity index (χ4n) is 3.79. The van der Waals surface area contributed by atoms with Crippen LogP contribution in [-0.4, -0.2) is 20.0 Å². The van der Waals surface area contributed by atoms with Crippen LogP contribution in [0.3, 0.4) is 0 Å². The van der Waals surface area contributed by atoms with Crippen molar-refractivity contribution in [2.45, 2.75) is 39.5 Å². The lowest BCUT2D eigenvalue weighted by Gasteiger charge is -2.34. The van der Waals surface area contributed by atoms with Crippen molar-refractivity contribution in [3.63, 3.8) is 0 Å². The molecular weight excluding hydrogens is 312 g/mol. The number of Topliss-reactive ketones (excluding diaryl/α,β-unsaturated/α-hetero) is 1. The van der Waals surface area contributed by atoms with Gasteiger partial charge in [-0.3, -0.25) is 4.79 Å². The molecule has 3 nitrogen and oxygen atoms in total. The van der Waals surface area contributed by atoms with Gasteiger partial charge < -0.3 is 9.47 Å². The molecule has 2 aromatic carbocycles. The molecule has 0 saturated carbocycles. The van der Waals surface area contributed by atoms with Gasteiger partial charge in [-0.15, -0.1) is 0 Å². The zero-order valence-corrected chi connectivity index (χ0v) is 15.9. The fourth-order valence-corrected chi connectivity index (χ4v) is 3.79. The van der Waals surface area contributed by atoms with Crippen LogP contribution in [-0.2, 0) is 11.8 Å². The Morgan fingerprint density at radius 2 is 1.48 bits per heavy atom. The quantitative estimate of drug-likeness (QED) is 0.804. The van der Waals surface area contributed by atoms with E-state index in [0.29, 0.717) is 12.2 Å². The summed E-state index contributed by atoms with van der Waals surface area (Å²) in [7, 11) is 3.31. The van der Waals surface area contributed by atoms with Gasteiger partial charge in [0.1, 0.15) is 0 Å². The second-order valence-electron chi connectivity index (χ2n) is 7.77. The molecule has 0 aliphatic heterocycles. The number of rotatable bonds is 4. The average Bonchev–Trinajstić information content (AvgIpc) is 2.72. The van der Waals surface area contributed by atoms with Crippen molar-refractivity contribution in [3.05, 3.63) is 58.7 Å². The lowest BCUT2D eigenvalue weighted by molar-refractivity contribution is 0.0778. The van der Waals surface area contributed by atoms with Crippen LogP contribution < -0.4 is 9.47 Å². The number of hydrogen-bond donors (Lipinski definition) is 0. The molecule has 1 aliphatic rings. The summed E-state index contributed by atoms with van der Waals surface area (Å²) >= 11 is 0. The van der Waals surface area contributed by atoms with E-state index in [1.807, 2.05) is 38.1 Å². The van der Waals surface area contributed by atoms with Gasteiger partial charge in [-0.1, -0.05) is 58.0 Å². The number of methoxy groups -OCH3 is 2. The van der Waals surface area contributed by atoms with Gasteiger partial charge >= 0.3 is 0 Å². The standard InChI is InChI=1S/C22H26O3/c1-21(2)17-16(20(23)22(21,3)4)13-15(18(24-5)19(17)25-6)12-14-10-8-7-9-11-14/h7-11,13H,12H2,1-6H3. The van der Waals surface area contributed by atoms with Gasteiger partial charge in [-0.05, 0) is 11.6 Å². The van der Waals surface area contributed by atoms with Gasteiger partial charge in [-0.25, -0.2) is 0 Å². The second-order valence-corrected chi connectivity index (χ2v) is 7.77. The maximum absolute atomic E-state index is 13.1. The molecule has 0 bridgehead atoms. The predicted octanol–water partition coefficient (Wildman–Crippen LogP) is 4.79. The second kappa shape index (κ2) is 5.91. The molecule has 0 spiro atoms. The minimum atomic E-state index is -0.487. The highest BCUT2D eigenvalue weighted by molar-refractivity contribution is 6.07. The molecule has 0 fully saturated rings. The van der Waals surface area contributed by atoms with Gasteiger partial charge in [0, 0.05) is 33.9 Å². The van der Waals surface area contributed by atoms with Crippen LogP contribution in [0.4, 0.5) is 0 Å². The molecule has 3 heteroatoms. The molecule has 0 heterocycles. The third kappa shape index (κ3) is 2.45. The first-order chi connectivity index (χ1) is 11.8.